The van der Waals surface area contributed by atoms with E-state index in [1.165, 1.54) is 0 Å². The number of hydrogen-bond donors (Lipinski definition) is 3. The summed E-state index contributed by atoms with van der Waals surface area (Å²) in [7, 11) is 0. The zero-order valence-electron chi connectivity index (χ0n) is 7.55. The molecule has 0 aromatic rings. The van der Waals surface area contributed by atoms with E-state index in [0.29, 0.717) is 19.5 Å². The van der Waals surface area contributed by atoms with Crippen LogP contribution in [-0.2, 0) is 4.79 Å². The normalized spacial score (nSPS) is 8.92. The molecule has 5 nitrogen and oxygen atoms in total. The van der Waals surface area contributed by atoms with Crippen LogP contribution in [0.4, 0.5) is 0 Å². The van der Waals surface area contributed by atoms with Gasteiger partial charge in [0, 0.05) is 26.6 Å². The molecule has 1 amide bonds. The largest absolute Gasteiger partial charge is 0.370 e. The highest BCUT2D eigenvalue weighted by molar-refractivity contribution is 5.93. The van der Waals surface area contributed by atoms with Gasteiger partial charge >= 0.3 is 5.91 Å². The minimum Gasteiger partial charge on any atom is -0.370 e. The van der Waals surface area contributed by atoms with Gasteiger partial charge in [-0.2, -0.15) is 4.79 Å². The van der Waals surface area contributed by atoms with Crippen molar-refractivity contribution < 1.29 is 4.79 Å². The molecule has 13 heavy (non-hydrogen) atoms. The number of amides is 1. The van der Waals surface area contributed by atoms with Gasteiger partial charge in [0.25, 0.3) is 0 Å². The van der Waals surface area contributed by atoms with Crippen molar-refractivity contribution in [1.29, 1.82) is 0 Å². The summed E-state index contributed by atoms with van der Waals surface area (Å²) in [6.07, 6.45) is 0.691. The maximum Gasteiger partial charge on any atom is 0.359 e. The zero-order valence-corrected chi connectivity index (χ0v) is 7.55. The third-order valence-corrected chi connectivity index (χ3v) is 1.24. The molecule has 72 valence electrons. The lowest BCUT2D eigenvalue weighted by Gasteiger charge is -1.97. The summed E-state index contributed by atoms with van der Waals surface area (Å²) in [4.78, 5) is 14.6. The van der Waals surface area contributed by atoms with Gasteiger partial charge in [-0.05, 0) is 6.42 Å². The van der Waals surface area contributed by atoms with Crippen molar-refractivity contribution in [1.82, 2.24) is 5.32 Å². The van der Waals surface area contributed by atoms with Crippen molar-refractivity contribution >= 4 is 11.9 Å². The van der Waals surface area contributed by atoms with Gasteiger partial charge in [0.05, 0.1) is 0 Å². The number of rotatable bonds is 5. The van der Waals surface area contributed by atoms with Crippen molar-refractivity contribution in [2.75, 3.05) is 13.1 Å². The fraction of sp³-hybridized carbons (Fsp3) is 0.375. The van der Waals surface area contributed by atoms with E-state index in [4.69, 9.17) is 11.5 Å². The quantitative estimate of drug-likeness (QED) is 0.170. The molecule has 0 aliphatic rings. The molecule has 5 heteroatoms. The number of carbonyl (C=O) groups excluding carboxylic acids is 1. The average molecular weight is 183 g/mol. The second-order valence-electron chi connectivity index (χ2n) is 2.52. The van der Waals surface area contributed by atoms with Crippen molar-refractivity contribution in [3.8, 4) is 0 Å². The van der Waals surface area contributed by atoms with Gasteiger partial charge < -0.3 is 11.5 Å². The smallest absolute Gasteiger partial charge is 0.359 e. The monoisotopic (exact) mass is 183 g/mol. The fourth-order valence-corrected chi connectivity index (χ4v) is 0.614. The Labute approximate surface area is 77.9 Å². The van der Waals surface area contributed by atoms with E-state index < -0.39 is 0 Å². The number of carbonyl (C=O) groups is 1. The summed E-state index contributed by atoms with van der Waals surface area (Å²) in [5, 5.41) is 2.60. The van der Waals surface area contributed by atoms with Crippen LogP contribution in [-0.4, -0.2) is 25.0 Å². The van der Waals surface area contributed by atoms with Gasteiger partial charge in [-0.15, -0.1) is 0 Å². The summed E-state index contributed by atoms with van der Waals surface area (Å²) in [6.45, 7) is 7.81. The molecule has 0 heterocycles. The molecule has 0 fully saturated rings. The van der Waals surface area contributed by atoms with Crippen molar-refractivity contribution in [2.24, 2.45) is 16.5 Å². The number of nitrogens with zero attached hydrogens (tertiary/aromatic N) is 1. The molecule has 0 aliphatic carbocycles. The molecule has 0 bridgehead atoms. The van der Waals surface area contributed by atoms with E-state index in [2.05, 4.69) is 23.8 Å². The van der Waals surface area contributed by atoms with Crippen LogP contribution in [0.15, 0.2) is 17.1 Å². The van der Waals surface area contributed by atoms with E-state index in [1.807, 2.05) is 0 Å². The molecular formula is C8H15N4O+. The summed E-state index contributed by atoms with van der Waals surface area (Å²) in [6, 6.07) is 0. The lowest BCUT2D eigenvalue weighted by molar-refractivity contribution is -0.117. The highest BCUT2D eigenvalue weighted by Gasteiger charge is 2.07. The molecule has 0 aromatic heterocycles. The van der Waals surface area contributed by atoms with Crippen LogP contribution >= 0.6 is 0 Å². The molecular weight excluding hydrogens is 168 g/mol. The number of aliphatic imine (C=N–C) groups is 1. The van der Waals surface area contributed by atoms with Crippen LogP contribution in [0.5, 0.6) is 0 Å². The summed E-state index contributed by atoms with van der Waals surface area (Å²) >= 11 is 0. The van der Waals surface area contributed by atoms with Gasteiger partial charge in [0.2, 0.25) is 0 Å². The van der Waals surface area contributed by atoms with E-state index in [-0.39, 0.29) is 17.4 Å². The molecule has 0 unspecified atom stereocenters. The standard InChI is InChI=1S/C8H14N4O/c1-6(2)7(13)11-4-3-5-12-8(9)10/h1-5H2,(H4-,9,10,11,12,13)/p+1. The molecule has 0 spiro atoms. The first kappa shape index (κ1) is 11.4. The first-order valence-corrected chi connectivity index (χ1v) is 3.88. The Balaban J connectivity index is 3.42. The highest BCUT2D eigenvalue weighted by atomic mass is 16.1. The Bertz CT molecular complexity index is 218. The van der Waals surface area contributed by atoms with E-state index in [1.54, 1.807) is 0 Å². The van der Waals surface area contributed by atoms with Gasteiger partial charge in [0.15, 0.2) is 11.5 Å². The Morgan fingerprint density at radius 2 is 2.15 bits per heavy atom. The van der Waals surface area contributed by atoms with E-state index >= 15 is 0 Å². The third kappa shape index (κ3) is 6.74. The Hall–Kier alpha value is -1.65. The Kier molecular flexibility index (Phi) is 5.18. The molecule has 0 saturated carbocycles. The van der Waals surface area contributed by atoms with Gasteiger partial charge in [-0.3, -0.25) is 10.3 Å². The van der Waals surface area contributed by atoms with Crippen molar-refractivity contribution in [3.63, 3.8) is 0 Å². The summed E-state index contributed by atoms with van der Waals surface area (Å²) < 4.78 is 0. The second kappa shape index (κ2) is 5.93. The first-order valence-electron chi connectivity index (χ1n) is 3.88. The van der Waals surface area contributed by atoms with Gasteiger partial charge in [0.1, 0.15) is 0 Å². The van der Waals surface area contributed by atoms with Crippen LogP contribution in [0.2, 0.25) is 0 Å². The molecule has 0 atom stereocenters. The SMILES string of the molecule is C=C([CH2+])C(=O)NCCCN=C(N)N. The Morgan fingerprint density at radius 3 is 2.62 bits per heavy atom. The van der Waals surface area contributed by atoms with E-state index in [0.717, 1.165) is 0 Å². The number of guanidine groups is 1. The molecule has 5 N–H and O–H groups in total. The van der Waals surface area contributed by atoms with E-state index in [9.17, 15) is 4.79 Å². The van der Waals surface area contributed by atoms with Crippen LogP contribution < -0.4 is 16.8 Å². The zero-order chi connectivity index (χ0) is 10.3. The maximum absolute atomic E-state index is 10.9. The highest BCUT2D eigenvalue weighted by Crippen LogP contribution is 1.85. The fourth-order valence-electron chi connectivity index (χ4n) is 0.614. The topological polar surface area (TPSA) is 93.5 Å². The maximum atomic E-state index is 10.9. The lowest BCUT2D eigenvalue weighted by atomic mass is 10.3. The minimum absolute atomic E-state index is 0.0629. The molecule has 0 aliphatic heterocycles. The lowest BCUT2D eigenvalue weighted by Crippen LogP contribution is -2.26. The number of nitrogens with two attached hydrogens (primary N) is 2. The molecule has 0 rings (SSSR count). The number of nitrogens with one attached hydrogen (secondary N) is 1. The average Bonchev–Trinajstić information content (AvgIpc) is 2.02. The summed E-state index contributed by atoms with van der Waals surface area (Å²) in [5.74, 6) is -0.183. The van der Waals surface area contributed by atoms with Gasteiger partial charge in [-0.25, -0.2) is 0 Å². The predicted octanol–water partition coefficient (Wildman–Crippen LogP) is -0.844. The third-order valence-electron chi connectivity index (χ3n) is 1.24. The second-order valence-corrected chi connectivity index (χ2v) is 2.52. The minimum atomic E-state index is -0.246. The molecule has 0 aromatic carbocycles. The Morgan fingerprint density at radius 1 is 1.54 bits per heavy atom. The summed E-state index contributed by atoms with van der Waals surface area (Å²) in [5.41, 5.74) is 10.4. The van der Waals surface area contributed by atoms with Gasteiger partial charge in [-0.1, -0.05) is 0 Å². The first-order chi connectivity index (χ1) is 6.04. The molecule has 0 saturated heterocycles. The van der Waals surface area contributed by atoms with Crippen molar-refractivity contribution in [2.45, 2.75) is 6.42 Å². The molecule has 0 radical (unpaired) electrons. The van der Waals surface area contributed by atoms with Crippen LogP contribution in [0, 0.1) is 6.92 Å². The predicted molar refractivity (Wildman–Crippen MR) is 52.8 cm³/mol. The van der Waals surface area contributed by atoms with Crippen LogP contribution in [0.3, 0.4) is 0 Å². The van der Waals surface area contributed by atoms with Crippen molar-refractivity contribution in [3.05, 3.63) is 19.1 Å². The van der Waals surface area contributed by atoms with Crippen LogP contribution in [0.1, 0.15) is 6.42 Å². The number of hydrogen-bond acceptors (Lipinski definition) is 2. The van der Waals surface area contributed by atoms with Crippen LogP contribution in [0.25, 0.3) is 0 Å².